The third kappa shape index (κ3) is 2.65. The van der Waals surface area contributed by atoms with Crippen LogP contribution in [0.25, 0.3) is 6.08 Å². The van der Waals surface area contributed by atoms with Crippen LogP contribution in [-0.2, 0) is 4.79 Å². The number of amides is 2. The Morgan fingerprint density at radius 3 is 2.50 bits per heavy atom. The monoisotopic (exact) mass is 344 g/mol. The number of rotatable bonds is 1. The highest BCUT2D eigenvalue weighted by Crippen LogP contribution is 2.44. The number of likely N-dealkylation sites (N-methyl/N-ethyl adjacent to an activating group) is 1. The van der Waals surface area contributed by atoms with Crippen LogP contribution in [0.15, 0.2) is 17.0 Å². The summed E-state index contributed by atoms with van der Waals surface area (Å²) in [6, 6.07) is 4.39. The van der Waals surface area contributed by atoms with Crippen molar-refractivity contribution >= 4 is 34.7 Å². The number of carbonyl (C=O) groups excluding carboxylic acids is 2. The fourth-order valence-corrected chi connectivity index (χ4v) is 4.39. The van der Waals surface area contributed by atoms with Gasteiger partial charge in [-0.2, -0.15) is 0 Å². The predicted molar refractivity (Wildman–Crippen MR) is 100 cm³/mol. The topological polar surface area (TPSA) is 40.6 Å². The van der Waals surface area contributed by atoms with Crippen LogP contribution in [0.4, 0.5) is 10.5 Å². The number of anilines is 1. The van der Waals surface area contributed by atoms with Crippen molar-refractivity contribution in [2.45, 2.75) is 45.6 Å². The lowest BCUT2D eigenvalue weighted by Crippen LogP contribution is -2.45. The molecule has 0 radical (unpaired) electrons. The minimum atomic E-state index is -0.214. The van der Waals surface area contributed by atoms with Crippen LogP contribution in [0, 0.1) is 6.92 Å². The van der Waals surface area contributed by atoms with Crippen molar-refractivity contribution in [3.63, 3.8) is 0 Å². The number of aryl methyl sites for hydroxylation is 1. The Morgan fingerprint density at radius 2 is 1.92 bits per heavy atom. The summed E-state index contributed by atoms with van der Waals surface area (Å²) in [5.74, 6) is 0.244. The summed E-state index contributed by atoms with van der Waals surface area (Å²) < 4.78 is 0. The summed E-state index contributed by atoms with van der Waals surface area (Å²) >= 11 is 1.01. The van der Waals surface area contributed by atoms with E-state index in [9.17, 15) is 9.59 Å². The van der Waals surface area contributed by atoms with Gasteiger partial charge in [-0.05, 0) is 79.8 Å². The Kier molecular flexibility index (Phi) is 4.03. The standard InChI is InChI=1S/C19H24N2O2S/c1-11-7-15-14(12(2)10-19(3,4)21(15)6)8-13(11)9-16-17(22)20(5)18(23)24-16/h7-9,12H,10H2,1-6H3/b16-9+. The molecule has 128 valence electrons. The minimum absolute atomic E-state index is 0.130. The van der Waals surface area contributed by atoms with Gasteiger partial charge in [0, 0.05) is 25.3 Å². The fourth-order valence-electron chi connectivity index (χ4n) is 3.58. The molecular formula is C19H24N2O2S. The van der Waals surface area contributed by atoms with E-state index in [-0.39, 0.29) is 16.7 Å². The molecule has 0 aliphatic carbocycles. The SMILES string of the molecule is Cc1cc2c(cc1/C=C1/SC(=O)N(C)C1=O)C(C)CC(C)(C)N2C. The second-order valence-corrected chi connectivity index (χ2v) is 8.48. The maximum absolute atomic E-state index is 12.1. The average Bonchev–Trinajstić information content (AvgIpc) is 2.73. The molecule has 0 bridgehead atoms. The summed E-state index contributed by atoms with van der Waals surface area (Å²) in [6.45, 7) is 8.86. The van der Waals surface area contributed by atoms with Crippen molar-refractivity contribution in [3.8, 4) is 0 Å². The first-order valence-electron chi connectivity index (χ1n) is 8.22. The van der Waals surface area contributed by atoms with Crippen molar-refractivity contribution in [1.29, 1.82) is 0 Å². The maximum atomic E-state index is 12.1. The highest BCUT2D eigenvalue weighted by Gasteiger charge is 2.35. The normalized spacial score (nSPS) is 24.8. The predicted octanol–water partition coefficient (Wildman–Crippen LogP) is 4.38. The number of hydrogen-bond acceptors (Lipinski definition) is 4. The van der Waals surface area contributed by atoms with Crippen molar-refractivity contribution in [2.75, 3.05) is 19.0 Å². The molecule has 0 aromatic heterocycles. The third-order valence-electron chi connectivity index (χ3n) is 5.29. The van der Waals surface area contributed by atoms with Gasteiger partial charge in [-0.25, -0.2) is 0 Å². The van der Waals surface area contributed by atoms with E-state index < -0.39 is 0 Å². The number of benzene rings is 1. The number of nitrogens with zero attached hydrogens (tertiary/aromatic N) is 2. The average molecular weight is 344 g/mol. The molecular weight excluding hydrogens is 320 g/mol. The zero-order chi connectivity index (χ0) is 17.8. The summed E-state index contributed by atoms with van der Waals surface area (Å²) in [6.07, 6.45) is 2.95. The fraction of sp³-hybridized carbons (Fsp3) is 0.474. The Bertz CT molecular complexity index is 767. The molecule has 1 saturated heterocycles. The Hall–Kier alpha value is -1.75. The zero-order valence-electron chi connectivity index (χ0n) is 15.1. The van der Waals surface area contributed by atoms with Crippen molar-refractivity contribution in [1.82, 2.24) is 4.90 Å². The van der Waals surface area contributed by atoms with Gasteiger partial charge in [0.1, 0.15) is 0 Å². The molecule has 1 atom stereocenters. The Labute approximate surface area is 147 Å². The van der Waals surface area contributed by atoms with Crippen molar-refractivity contribution in [2.24, 2.45) is 0 Å². The second kappa shape index (κ2) is 5.66. The number of fused-ring (bicyclic) bond motifs is 1. The molecule has 4 nitrogen and oxygen atoms in total. The molecule has 2 aliphatic heterocycles. The molecule has 5 heteroatoms. The van der Waals surface area contributed by atoms with Gasteiger partial charge in [-0.15, -0.1) is 0 Å². The molecule has 0 saturated carbocycles. The van der Waals surface area contributed by atoms with Crippen LogP contribution in [0.3, 0.4) is 0 Å². The Morgan fingerprint density at radius 1 is 1.25 bits per heavy atom. The summed E-state index contributed by atoms with van der Waals surface area (Å²) in [7, 11) is 3.67. The highest BCUT2D eigenvalue weighted by molar-refractivity contribution is 8.18. The molecule has 2 aliphatic rings. The lowest BCUT2D eigenvalue weighted by atomic mass is 9.79. The molecule has 1 aromatic rings. The molecule has 1 unspecified atom stereocenters. The molecule has 24 heavy (non-hydrogen) atoms. The smallest absolute Gasteiger partial charge is 0.293 e. The second-order valence-electron chi connectivity index (χ2n) is 7.48. The van der Waals surface area contributed by atoms with Crippen LogP contribution < -0.4 is 4.90 Å². The largest absolute Gasteiger partial charge is 0.369 e. The van der Waals surface area contributed by atoms with Gasteiger partial charge in [0.2, 0.25) is 0 Å². The minimum Gasteiger partial charge on any atom is -0.369 e. The molecule has 1 aromatic carbocycles. The first kappa shape index (κ1) is 17.1. The van der Waals surface area contributed by atoms with Gasteiger partial charge in [0.15, 0.2) is 0 Å². The lowest BCUT2D eigenvalue weighted by molar-refractivity contribution is -0.121. The first-order chi connectivity index (χ1) is 11.1. The molecule has 2 amide bonds. The van der Waals surface area contributed by atoms with Crippen LogP contribution >= 0.6 is 11.8 Å². The van der Waals surface area contributed by atoms with Crippen molar-refractivity contribution in [3.05, 3.63) is 33.7 Å². The molecule has 0 spiro atoms. The number of carbonyl (C=O) groups is 2. The van der Waals surface area contributed by atoms with E-state index >= 15 is 0 Å². The molecule has 1 fully saturated rings. The summed E-state index contributed by atoms with van der Waals surface area (Å²) in [5.41, 5.74) is 4.84. The van der Waals surface area contributed by atoms with E-state index in [0.717, 1.165) is 29.3 Å². The molecule has 0 N–H and O–H groups in total. The van der Waals surface area contributed by atoms with E-state index in [2.05, 4.69) is 51.8 Å². The number of imide groups is 1. The third-order valence-corrected chi connectivity index (χ3v) is 6.26. The Balaban J connectivity index is 2.06. The van der Waals surface area contributed by atoms with Gasteiger partial charge in [0.25, 0.3) is 11.1 Å². The van der Waals surface area contributed by atoms with Crippen molar-refractivity contribution < 1.29 is 9.59 Å². The molecule has 2 heterocycles. The number of hydrogen-bond donors (Lipinski definition) is 0. The zero-order valence-corrected chi connectivity index (χ0v) is 16.0. The van der Waals surface area contributed by atoms with Crippen LogP contribution in [-0.4, -0.2) is 35.7 Å². The van der Waals surface area contributed by atoms with Crippen LogP contribution in [0.1, 0.15) is 49.8 Å². The quantitative estimate of drug-likeness (QED) is 0.709. The van der Waals surface area contributed by atoms with E-state index in [1.54, 1.807) is 0 Å². The van der Waals surface area contributed by atoms with E-state index in [4.69, 9.17) is 0 Å². The highest BCUT2D eigenvalue weighted by atomic mass is 32.2. The molecule has 3 rings (SSSR count). The maximum Gasteiger partial charge on any atom is 0.293 e. The van der Waals surface area contributed by atoms with E-state index in [0.29, 0.717) is 10.8 Å². The number of thioether (sulfide) groups is 1. The van der Waals surface area contributed by atoms with Gasteiger partial charge in [0.05, 0.1) is 4.91 Å². The van der Waals surface area contributed by atoms with Gasteiger partial charge in [-0.1, -0.05) is 6.92 Å². The van der Waals surface area contributed by atoms with Gasteiger partial charge < -0.3 is 4.90 Å². The van der Waals surface area contributed by atoms with E-state index in [1.165, 1.54) is 23.2 Å². The van der Waals surface area contributed by atoms with Gasteiger partial charge in [-0.3, -0.25) is 14.5 Å². The first-order valence-corrected chi connectivity index (χ1v) is 9.03. The lowest BCUT2D eigenvalue weighted by Gasteiger charge is -2.45. The van der Waals surface area contributed by atoms with E-state index in [1.807, 2.05) is 6.08 Å². The van der Waals surface area contributed by atoms with Gasteiger partial charge >= 0.3 is 0 Å². The van der Waals surface area contributed by atoms with Crippen LogP contribution in [0.2, 0.25) is 0 Å². The summed E-state index contributed by atoms with van der Waals surface area (Å²) in [5, 5.41) is -0.211. The van der Waals surface area contributed by atoms with Crippen LogP contribution in [0.5, 0.6) is 0 Å². The summed E-state index contributed by atoms with van der Waals surface area (Å²) in [4.78, 5) is 27.8.